The minimum Gasteiger partial charge on any atom is -0.355 e. The van der Waals surface area contributed by atoms with Crippen molar-refractivity contribution in [2.45, 2.75) is 31.3 Å². The Morgan fingerprint density at radius 2 is 1.96 bits per heavy atom. The molecule has 1 aromatic carbocycles. The predicted octanol–water partition coefficient (Wildman–Crippen LogP) is 1.22. The van der Waals surface area contributed by atoms with E-state index < -0.39 is 0 Å². The molecule has 2 rings (SSSR count). The van der Waals surface area contributed by atoms with Gasteiger partial charge in [0.25, 0.3) is 0 Å². The van der Waals surface area contributed by atoms with E-state index in [0.29, 0.717) is 19.0 Å². The number of hydrogen-bond donors (Lipinski definition) is 2. The lowest BCUT2D eigenvalue weighted by Gasteiger charge is -2.35. The van der Waals surface area contributed by atoms with E-state index in [9.17, 15) is 4.79 Å². The number of hydrogen-bond acceptors (Lipinski definition) is 4. The fourth-order valence-electron chi connectivity index (χ4n) is 3.10. The van der Waals surface area contributed by atoms with Crippen LogP contribution in [0.25, 0.3) is 0 Å². The highest BCUT2D eigenvalue weighted by molar-refractivity contribution is 5.76. The van der Waals surface area contributed by atoms with Gasteiger partial charge in [-0.15, -0.1) is 0 Å². The summed E-state index contributed by atoms with van der Waals surface area (Å²) in [6, 6.07) is 10.3. The van der Waals surface area contributed by atoms with Gasteiger partial charge in [-0.1, -0.05) is 30.3 Å². The van der Waals surface area contributed by atoms with Crippen molar-refractivity contribution in [2.75, 3.05) is 40.3 Å². The maximum absolute atomic E-state index is 12.0. The van der Waals surface area contributed by atoms with Crippen LogP contribution < -0.4 is 11.1 Å². The summed E-state index contributed by atoms with van der Waals surface area (Å²) < 4.78 is 0. The minimum atomic E-state index is -0.230. The number of carbonyl (C=O) groups is 1. The van der Waals surface area contributed by atoms with E-state index in [-0.39, 0.29) is 11.9 Å². The van der Waals surface area contributed by atoms with Crippen molar-refractivity contribution < 1.29 is 4.79 Å². The van der Waals surface area contributed by atoms with Crippen molar-refractivity contribution in [2.24, 2.45) is 5.73 Å². The molecule has 3 N–H and O–H groups in total. The van der Waals surface area contributed by atoms with Crippen LogP contribution in [0, 0.1) is 0 Å². The van der Waals surface area contributed by atoms with Crippen molar-refractivity contribution in [1.29, 1.82) is 0 Å². The second kappa shape index (κ2) is 9.01. The third-order valence-corrected chi connectivity index (χ3v) is 4.67. The standard InChI is InChI=1S/C18H30N4O/c1-21(2)16-8-11-22(12-9-16)13-10-20-18(23)14-17(19)15-6-4-3-5-7-15/h3-7,16-17H,8-14,19H2,1-2H3,(H,20,23). The molecule has 1 aliphatic rings. The van der Waals surface area contributed by atoms with Gasteiger partial charge in [-0.25, -0.2) is 0 Å². The van der Waals surface area contributed by atoms with Crippen LogP contribution in [0.3, 0.4) is 0 Å². The van der Waals surface area contributed by atoms with E-state index in [1.807, 2.05) is 30.3 Å². The van der Waals surface area contributed by atoms with Crippen LogP contribution in [-0.4, -0.2) is 62.0 Å². The molecule has 1 amide bonds. The molecule has 1 unspecified atom stereocenters. The van der Waals surface area contributed by atoms with Crippen LogP contribution in [0.5, 0.6) is 0 Å². The summed E-state index contributed by atoms with van der Waals surface area (Å²) >= 11 is 0. The summed E-state index contributed by atoms with van der Waals surface area (Å²) in [7, 11) is 4.30. The van der Waals surface area contributed by atoms with Gasteiger partial charge in [-0.2, -0.15) is 0 Å². The smallest absolute Gasteiger partial charge is 0.221 e. The molecular formula is C18H30N4O. The highest BCUT2D eigenvalue weighted by Gasteiger charge is 2.20. The third kappa shape index (κ3) is 5.94. The van der Waals surface area contributed by atoms with E-state index >= 15 is 0 Å². The molecule has 0 bridgehead atoms. The summed E-state index contributed by atoms with van der Waals surface area (Å²) in [6.07, 6.45) is 2.76. The summed E-state index contributed by atoms with van der Waals surface area (Å²) in [4.78, 5) is 16.7. The lowest BCUT2D eigenvalue weighted by atomic mass is 10.0. The number of amides is 1. The quantitative estimate of drug-likeness (QED) is 0.793. The first-order chi connectivity index (χ1) is 11.1. The summed E-state index contributed by atoms with van der Waals surface area (Å²) in [5.41, 5.74) is 7.09. The number of nitrogens with two attached hydrogens (primary N) is 1. The number of carbonyl (C=O) groups excluding carboxylic acids is 1. The topological polar surface area (TPSA) is 61.6 Å². The van der Waals surface area contributed by atoms with Gasteiger partial charge in [0, 0.05) is 31.6 Å². The van der Waals surface area contributed by atoms with Gasteiger partial charge in [0.2, 0.25) is 5.91 Å². The molecule has 1 heterocycles. The van der Waals surface area contributed by atoms with Crippen LogP contribution >= 0.6 is 0 Å². The second-order valence-electron chi connectivity index (χ2n) is 6.61. The minimum absolute atomic E-state index is 0.0320. The zero-order chi connectivity index (χ0) is 16.7. The van der Waals surface area contributed by atoms with Gasteiger partial charge >= 0.3 is 0 Å². The number of nitrogens with zero attached hydrogens (tertiary/aromatic N) is 2. The molecule has 1 saturated heterocycles. The summed E-state index contributed by atoms with van der Waals surface area (Å²) in [5.74, 6) is 0.0320. The van der Waals surface area contributed by atoms with Crippen LogP contribution in [-0.2, 0) is 4.79 Å². The Hall–Kier alpha value is -1.43. The molecule has 5 heteroatoms. The summed E-state index contributed by atoms with van der Waals surface area (Å²) in [6.45, 7) is 3.85. The van der Waals surface area contributed by atoms with E-state index in [2.05, 4.69) is 29.2 Å². The lowest BCUT2D eigenvalue weighted by molar-refractivity contribution is -0.121. The van der Waals surface area contributed by atoms with E-state index in [4.69, 9.17) is 5.73 Å². The molecule has 0 radical (unpaired) electrons. The Morgan fingerprint density at radius 3 is 2.57 bits per heavy atom. The Bertz CT molecular complexity index is 469. The number of piperidine rings is 1. The SMILES string of the molecule is CN(C)C1CCN(CCNC(=O)CC(N)c2ccccc2)CC1. The highest BCUT2D eigenvalue weighted by Crippen LogP contribution is 2.14. The normalized spacial score (nSPS) is 18.1. The molecule has 1 atom stereocenters. The first-order valence-electron chi connectivity index (χ1n) is 8.52. The fraction of sp³-hybridized carbons (Fsp3) is 0.611. The molecule has 0 aromatic heterocycles. The average molecular weight is 318 g/mol. The van der Waals surface area contributed by atoms with E-state index in [1.165, 1.54) is 12.8 Å². The maximum Gasteiger partial charge on any atom is 0.221 e. The van der Waals surface area contributed by atoms with E-state index in [1.54, 1.807) is 0 Å². The van der Waals surface area contributed by atoms with Crippen molar-refractivity contribution in [3.8, 4) is 0 Å². The van der Waals surface area contributed by atoms with Gasteiger partial charge in [0.05, 0.1) is 0 Å². The zero-order valence-electron chi connectivity index (χ0n) is 14.4. The molecule has 1 aromatic rings. The van der Waals surface area contributed by atoms with Crippen LogP contribution in [0.15, 0.2) is 30.3 Å². The number of rotatable bonds is 7. The highest BCUT2D eigenvalue weighted by atomic mass is 16.1. The largest absolute Gasteiger partial charge is 0.355 e. The molecule has 23 heavy (non-hydrogen) atoms. The Morgan fingerprint density at radius 1 is 1.30 bits per heavy atom. The molecule has 128 valence electrons. The Balaban J connectivity index is 1.62. The third-order valence-electron chi connectivity index (χ3n) is 4.67. The van der Waals surface area contributed by atoms with Crippen LogP contribution in [0.2, 0.25) is 0 Å². The van der Waals surface area contributed by atoms with Gasteiger partial charge in [-0.3, -0.25) is 4.79 Å². The number of likely N-dealkylation sites (tertiary alicyclic amines) is 1. The predicted molar refractivity (Wildman–Crippen MR) is 94.1 cm³/mol. The van der Waals surface area contributed by atoms with Crippen LogP contribution in [0.1, 0.15) is 30.9 Å². The molecule has 0 spiro atoms. The fourth-order valence-corrected chi connectivity index (χ4v) is 3.10. The number of benzene rings is 1. The number of nitrogens with one attached hydrogen (secondary N) is 1. The van der Waals surface area contributed by atoms with Gasteiger partial charge in [0.1, 0.15) is 0 Å². The van der Waals surface area contributed by atoms with Crippen molar-refractivity contribution in [3.63, 3.8) is 0 Å². The lowest BCUT2D eigenvalue weighted by Crippen LogP contribution is -2.44. The van der Waals surface area contributed by atoms with Crippen LogP contribution in [0.4, 0.5) is 0 Å². The molecular weight excluding hydrogens is 288 g/mol. The van der Waals surface area contributed by atoms with Crippen molar-refractivity contribution >= 4 is 5.91 Å². The first-order valence-corrected chi connectivity index (χ1v) is 8.52. The molecule has 1 aliphatic heterocycles. The molecule has 0 saturated carbocycles. The second-order valence-corrected chi connectivity index (χ2v) is 6.61. The maximum atomic E-state index is 12.0. The van der Waals surface area contributed by atoms with Gasteiger partial charge in [0.15, 0.2) is 0 Å². The van der Waals surface area contributed by atoms with Crippen molar-refractivity contribution in [3.05, 3.63) is 35.9 Å². The Labute approximate surface area is 139 Å². The first kappa shape index (κ1) is 17.9. The van der Waals surface area contributed by atoms with E-state index in [0.717, 1.165) is 25.2 Å². The monoisotopic (exact) mass is 318 g/mol. The van der Waals surface area contributed by atoms with Gasteiger partial charge < -0.3 is 20.9 Å². The molecule has 0 aliphatic carbocycles. The zero-order valence-corrected chi connectivity index (χ0v) is 14.4. The summed E-state index contributed by atoms with van der Waals surface area (Å²) in [5, 5.41) is 2.99. The van der Waals surface area contributed by atoms with Crippen molar-refractivity contribution in [1.82, 2.24) is 15.1 Å². The van der Waals surface area contributed by atoms with Gasteiger partial charge in [-0.05, 0) is 45.6 Å². The molecule has 5 nitrogen and oxygen atoms in total. The molecule has 1 fully saturated rings. The Kier molecular flexibility index (Phi) is 7.02. The average Bonchev–Trinajstić information content (AvgIpc) is 2.56.